The van der Waals surface area contributed by atoms with E-state index in [0.29, 0.717) is 11.8 Å². The lowest BCUT2D eigenvalue weighted by molar-refractivity contribution is -0.132. The summed E-state index contributed by atoms with van der Waals surface area (Å²) in [5.41, 5.74) is 2.30. The van der Waals surface area contributed by atoms with Crippen LogP contribution in [0.5, 0.6) is 0 Å². The van der Waals surface area contributed by atoms with E-state index in [0.717, 1.165) is 38.3 Å². The third-order valence-corrected chi connectivity index (χ3v) is 5.12. The summed E-state index contributed by atoms with van der Waals surface area (Å²) in [7, 11) is 0. The summed E-state index contributed by atoms with van der Waals surface area (Å²) in [6, 6.07) is 16.9. The van der Waals surface area contributed by atoms with Crippen LogP contribution in [0.2, 0.25) is 0 Å². The lowest BCUT2D eigenvalue weighted by Crippen LogP contribution is -2.49. The molecule has 4 rings (SSSR count). The van der Waals surface area contributed by atoms with Crippen molar-refractivity contribution in [2.24, 2.45) is 5.92 Å². The van der Waals surface area contributed by atoms with Crippen molar-refractivity contribution in [3.8, 4) is 0 Å². The fraction of sp³-hybridized carbons (Fsp3) is 0.350. The van der Waals surface area contributed by atoms with Gasteiger partial charge in [0.25, 0.3) is 0 Å². The highest BCUT2D eigenvalue weighted by Gasteiger charge is 2.45. The van der Waals surface area contributed by atoms with Crippen LogP contribution in [-0.4, -0.2) is 37.0 Å². The first-order chi connectivity index (χ1) is 11.7. The van der Waals surface area contributed by atoms with Gasteiger partial charge in [0.1, 0.15) is 5.82 Å². The number of anilines is 1. The largest absolute Gasteiger partial charge is 0.368 e. The molecular weight excluding hydrogens is 303 g/mol. The Morgan fingerprint density at radius 3 is 2.25 bits per heavy atom. The predicted octanol–water partition coefficient (Wildman–Crippen LogP) is 3.28. The number of halogens is 1. The van der Waals surface area contributed by atoms with Crippen molar-refractivity contribution in [2.45, 2.75) is 12.3 Å². The third kappa shape index (κ3) is 3.01. The molecular formula is C20H21FN2O. The maximum atomic E-state index is 13.0. The van der Waals surface area contributed by atoms with E-state index >= 15 is 0 Å². The second kappa shape index (κ2) is 6.27. The van der Waals surface area contributed by atoms with Crippen molar-refractivity contribution >= 4 is 11.6 Å². The fourth-order valence-electron chi connectivity index (χ4n) is 3.61. The molecule has 1 amide bonds. The zero-order valence-corrected chi connectivity index (χ0v) is 13.6. The molecule has 1 heterocycles. The highest BCUT2D eigenvalue weighted by molar-refractivity contribution is 5.83. The lowest BCUT2D eigenvalue weighted by Gasteiger charge is -2.36. The lowest BCUT2D eigenvalue weighted by atomic mass is 10.1. The Morgan fingerprint density at radius 1 is 0.917 bits per heavy atom. The highest BCUT2D eigenvalue weighted by atomic mass is 19.1. The monoisotopic (exact) mass is 324 g/mol. The van der Waals surface area contributed by atoms with Gasteiger partial charge < -0.3 is 9.80 Å². The fourth-order valence-corrected chi connectivity index (χ4v) is 3.61. The molecule has 4 heteroatoms. The summed E-state index contributed by atoms with van der Waals surface area (Å²) in [6.07, 6.45) is 0.973. The second-order valence-electron chi connectivity index (χ2n) is 6.65. The second-order valence-corrected chi connectivity index (χ2v) is 6.65. The van der Waals surface area contributed by atoms with E-state index in [-0.39, 0.29) is 11.7 Å². The maximum Gasteiger partial charge on any atom is 0.226 e. The van der Waals surface area contributed by atoms with Crippen LogP contribution in [0.1, 0.15) is 17.9 Å². The van der Waals surface area contributed by atoms with E-state index in [1.807, 2.05) is 23.1 Å². The molecule has 2 atom stereocenters. The minimum absolute atomic E-state index is 0.157. The number of carbonyl (C=O) groups excluding carboxylic acids is 1. The Balaban J connectivity index is 1.33. The molecule has 0 spiro atoms. The van der Waals surface area contributed by atoms with Crippen molar-refractivity contribution < 1.29 is 9.18 Å². The molecule has 1 saturated heterocycles. The molecule has 24 heavy (non-hydrogen) atoms. The van der Waals surface area contributed by atoms with Crippen LogP contribution < -0.4 is 4.90 Å². The first-order valence-corrected chi connectivity index (χ1v) is 8.56. The van der Waals surface area contributed by atoms with E-state index in [1.165, 1.54) is 17.7 Å². The molecule has 3 nitrogen and oxygen atoms in total. The van der Waals surface area contributed by atoms with E-state index in [1.54, 1.807) is 12.1 Å². The SMILES string of the molecule is O=C([C@H]1C[C@@H]1c1ccccc1)N1CCN(c2ccc(F)cc2)CC1. The van der Waals surface area contributed by atoms with Crippen molar-refractivity contribution in [3.63, 3.8) is 0 Å². The molecule has 0 radical (unpaired) electrons. The molecule has 0 N–H and O–H groups in total. The van der Waals surface area contributed by atoms with E-state index < -0.39 is 0 Å². The molecule has 2 fully saturated rings. The van der Waals surface area contributed by atoms with Crippen LogP contribution in [0, 0.1) is 11.7 Å². The van der Waals surface area contributed by atoms with Gasteiger partial charge in [-0.15, -0.1) is 0 Å². The Kier molecular flexibility index (Phi) is 3.97. The summed E-state index contributed by atoms with van der Waals surface area (Å²) < 4.78 is 13.0. The Hall–Kier alpha value is -2.36. The van der Waals surface area contributed by atoms with Crippen LogP contribution in [0.4, 0.5) is 10.1 Å². The van der Waals surface area contributed by atoms with Gasteiger partial charge in [-0.25, -0.2) is 4.39 Å². The Bertz CT molecular complexity index is 708. The summed E-state index contributed by atoms with van der Waals surface area (Å²) in [5.74, 6) is 0.634. The van der Waals surface area contributed by atoms with E-state index in [2.05, 4.69) is 17.0 Å². The van der Waals surface area contributed by atoms with Gasteiger partial charge in [0, 0.05) is 37.8 Å². The highest BCUT2D eigenvalue weighted by Crippen LogP contribution is 2.48. The van der Waals surface area contributed by atoms with Crippen LogP contribution >= 0.6 is 0 Å². The van der Waals surface area contributed by atoms with Crippen LogP contribution in [-0.2, 0) is 4.79 Å². The molecule has 2 aliphatic rings. The van der Waals surface area contributed by atoms with Gasteiger partial charge in [0.05, 0.1) is 0 Å². The molecule has 124 valence electrons. The van der Waals surface area contributed by atoms with Gasteiger partial charge >= 0.3 is 0 Å². The first kappa shape index (κ1) is 15.2. The minimum Gasteiger partial charge on any atom is -0.368 e. The van der Waals surface area contributed by atoms with E-state index in [9.17, 15) is 9.18 Å². The minimum atomic E-state index is -0.215. The number of amides is 1. The molecule has 0 bridgehead atoms. The normalized spacial score (nSPS) is 23.2. The number of carbonyl (C=O) groups is 1. The van der Waals surface area contributed by atoms with Crippen LogP contribution in [0.3, 0.4) is 0 Å². The molecule has 2 aromatic rings. The van der Waals surface area contributed by atoms with Crippen LogP contribution in [0.25, 0.3) is 0 Å². The summed E-state index contributed by atoms with van der Waals surface area (Å²) in [6.45, 7) is 3.10. The first-order valence-electron chi connectivity index (χ1n) is 8.56. The van der Waals surface area contributed by atoms with E-state index in [4.69, 9.17) is 0 Å². The predicted molar refractivity (Wildman–Crippen MR) is 92.5 cm³/mol. The number of benzene rings is 2. The number of piperazine rings is 1. The summed E-state index contributed by atoms with van der Waals surface area (Å²) in [5, 5.41) is 0. The maximum absolute atomic E-state index is 13.0. The average molecular weight is 324 g/mol. The van der Waals surface area contributed by atoms with Gasteiger partial charge in [-0.2, -0.15) is 0 Å². The quantitative estimate of drug-likeness (QED) is 0.865. The molecule has 2 aromatic carbocycles. The van der Waals surface area contributed by atoms with Gasteiger partial charge in [-0.1, -0.05) is 30.3 Å². The molecule has 1 aliphatic heterocycles. The standard InChI is InChI=1S/C20H21FN2O/c21-16-6-8-17(9-7-16)22-10-12-23(13-11-22)20(24)19-14-18(19)15-4-2-1-3-5-15/h1-9,18-19H,10-14H2/t18-,19+/m1/s1. The van der Waals surface area contributed by atoms with Crippen molar-refractivity contribution in [1.29, 1.82) is 0 Å². The smallest absolute Gasteiger partial charge is 0.226 e. The molecule has 0 unspecified atom stereocenters. The average Bonchev–Trinajstić information content (AvgIpc) is 3.43. The van der Waals surface area contributed by atoms with Gasteiger partial charge in [0.15, 0.2) is 0 Å². The van der Waals surface area contributed by atoms with Crippen molar-refractivity contribution in [1.82, 2.24) is 4.90 Å². The number of rotatable bonds is 3. The van der Waals surface area contributed by atoms with Gasteiger partial charge in [-0.3, -0.25) is 4.79 Å². The van der Waals surface area contributed by atoms with Crippen molar-refractivity contribution in [3.05, 3.63) is 66.0 Å². The Morgan fingerprint density at radius 2 is 1.58 bits per heavy atom. The van der Waals surface area contributed by atoms with Gasteiger partial charge in [-0.05, 0) is 42.2 Å². The third-order valence-electron chi connectivity index (χ3n) is 5.12. The zero-order chi connectivity index (χ0) is 16.5. The topological polar surface area (TPSA) is 23.6 Å². The zero-order valence-electron chi connectivity index (χ0n) is 13.6. The summed E-state index contributed by atoms with van der Waals surface area (Å²) in [4.78, 5) is 16.9. The van der Waals surface area contributed by atoms with Crippen molar-refractivity contribution in [2.75, 3.05) is 31.1 Å². The molecule has 1 aliphatic carbocycles. The number of hydrogen-bond donors (Lipinski definition) is 0. The van der Waals surface area contributed by atoms with Crippen LogP contribution in [0.15, 0.2) is 54.6 Å². The number of hydrogen-bond acceptors (Lipinski definition) is 2. The molecule has 1 saturated carbocycles. The Labute approximate surface area is 141 Å². The van der Waals surface area contributed by atoms with Gasteiger partial charge in [0.2, 0.25) is 5.91 Å². The number of nitrogens with zero attached hydrogens (tertiary/aromatic N) is 2. The summed E-state index contributed by atoms with van der Waals surface area (Å²) >= 11 is 0. The molecule has 0 aromatic heterocycles.